The maximum absolute atomic E-state index is 12.5. The standard InChI is InChI=1S/C14H16N2O2S/c1-3-8-16-13-11(9-6-5-7-10(9)19-13)12(17)15(4-2)14(16)18/h3H,1,4-8H2,2H3. The Morgan fingerprint density at radius 1 is 1.32 bits per heavy atom. The number of aryl methyl sites for hydroxylation is 2. The van der Waals surface area contributed by atoms with E-state index in [-0.39, 0.29) is 11.2 Å². The molecule has 19 heavy (non-hydrogen) atoms. The van der Waals surface area contributed by atoms with Gasteiger partial charge in [0, 0.05) is 18.0 Å². The molecule has 2 aromatic heterocycles. The van der Waals surface area contributed by atoms with Crippen LogP contribution in [-0.2, 0) is 25.9 Å². The number of thiophene rings is 1. The SMILES string of the molecule is C=CCn1c(=O)n(CC)c(=O)c2c3c(sc21)CCC3. The lowest BCUT2D eigenvalue weighted by molar-refractivity contribution is 0.625. The molecule has 4 nitrogen and oxygen atoms in total. The number of nitrogens with zero attached hydrogens (tertiary/aromatic N) is 2. The second-order valence-electron chi connectivity index (χ2n) is 4.77. The Labute approximate surface area is 114 Å². The first-order valence-electron chi connectivity index (χ1n) is 6.57. The zero-order chi connectivity index (χ0) is 13.6. The van der Waals surface area contributed by atoms with Crippen LogP contribution in [0.3, 0.4) is 0 Å². The predicted molar refractivity (Wildman–Crippen MR) is 78.2 cm³/mol. The van der Waals surface area contributed by atoms with Gasteiger partial charge in [0.1, 0.15) is 4.83 Å². The van der Waals surface area contributed by atoms with E-state index in [4.69, 9.17) is 0 Å². The topological polar surface area (TPSA) is 44.0 Å². The Morgan fingerprint density at radius 2 is 2.11 bits per heavy atom. The summed E-state index contributed by atoms with van der Waals surface area (Å²) >= 11 is 1.60. The fourth-order valence-corrected chi connectivity index (χ4v) is 4.21. The zero-order valence-corrected chi connectivity index (χ0v) is 11.8. The second kappa shape index (κ2) is 4.49. The monoisotopic (exact) mass is 276 g/mol. The van der Waals surface area contributed by atoms with E-state index in [0.717, 1.165) is 29.5 Å². The molecule has 0 N–H and O–H groups in total. The summed E-state index contributed by atoms with van der Waals surface area (Å²) in [4.78, 5) is 26.9. The van der Waals surface area contributed by atoms with Crippen molar-refractivity contribution in [3.8, 4) is 0 Å². The molecule has 0 aliphatic heterocycles. The lowest BCUT2D eigenvalue weighted by Gasteiger charge is -2.09. The summed E-state index contributed by atoms with van der Waals surface area (Å²) < 4.78 is 3.01. The molecule has 3 rings (SSSR count). The molecule has 1 aliphatic rings. The van der Waals surface area contributed by atoms with E-state index in [1.165, 1.54) is 15.0 Å². The van der Waals surface area contributed by atoms with Crippen molar-refractivity contribution in [3.05, 3.63) is 43.9 Å². The van der Waals surface area contributed by atoms with Crippen LogP contribution in [0, 0.1) is 0 Å². The number of rotatable bonds is 3. The first-order chi connectivity index (χ1) is 9.19. The Balaban J connectivity index is 2.50. The van der Waals surface area contributed by atoms with Crippen molar-refractivity contribution in [3.63, 3.8) is 0 Å². The van der Waals surface area contributed by atoms with Crippen molar-refractivity contribution in [2.45, 2.75) is 39.3 Å². The van der Waals surface area contributed by atoms with Crippen molar-refractivity contribution in [2.24, 2.45) is 0 Å². The molecule has 1 aliphatic carbocycles. The van der Waals surface area contributed by atoms with Crippen molar-refractivity contribution in [2.75, 3.05) is 0 Å². The molecule has 2 aromatic rings. The van der Waals surface area contributed by atoms with Crippen molar-refractivity contribution < 1.29 is 0 Å². The maximum Gasteiger partial charge on any atom is 0.332 e. The lowest BCUT2D eigenvalue weighted by Crippen LogP contribution is -2.39. The highest BCUT2D eigenvalue weighted by Gasteiger charge is 2.23. The van der Waals surface area contributed by atoms with Gasteiger partial charge in [0.05, 0.1) is 5.39 Å². The van der Waals surface area contributed by atoms with Gasteiger partial charge >= 0.3 is 5.69 Å². The summed E-state index contributed by atoms with van der Waals surface area (Å²) in [6.07, 6.45) is 4.81. The Kier molecular flexibility index (Phi) is 2.93. The second-order valence-corrected chi connectivity index (χ2v) is 5.85. The highest BCUT2D eigenvalue weighted by atomic mass is 32.1. The summed E-state index contributed by atoms with van der Waals surface area (Å²) in [6, 6.07) is 0. The van der Waals surface area contributed by atoms with Crippen molar-refractivity contribution in [1.82, 2.24) is 9.13 Å². The third-order valence-electron chi connectivity index (χ3n) is 3.70. The minimum Gasteiger partial charge on any atom is -0.280 e. The Bertz CT molecular complexity index is 779. The molecule has 0 radical (unpaired) electrons. The minimum absolute atomic E-state index is 0.123. The Morgan fingerprint density at radius 3 is 2.79 bits per heavy atom. The summed E-state index contributed by atoms with van der Waals surface area (Å²) in [7, 11) is 0. The molecule has 0 aromatic carbocycles. The van der Waals surface area contributed by atoms with E-state index < -0.39 is 0 Å². The van der Waals surface area contributed by atoms with E-state index in [1.54, 1.807) is 22.0 Å². The van der Waals surface area contributed by atoms with Gasteiger partial charge in [0.2, 0.25) is 0 Å². The number of hydrogen-bond donors (Lipinski definition) is 0. The number of hydrogen-bond acceptors (Lipinski definition) is 3. The van der Waals surface area contributed by atoms with Crippen LogP contribution in [0.2, 0.25) is 0 Å². The largest absolute Gasteiger partial charge is 0.332 e. The van der Waals surface area contributed by atoms with E-state index in [1.807, 2.05) is 6.92 Å². The van der Waals surface area contributed by atoms with Crippen LogP contribution in [0.5, 0.6) is 0 Å². The van der Waals surface area contributed by atoms with Gasteiger partial charge in [-0.2, -0.15) is 0 Å². The van der Waals surface area contributed by atoms with Crippen LogP contribution in [-0.4, -0.2) is 9.13 Å². The molecule has 0 fully saturated rings. The molecule has 100 valence electrons. The average Bonchev–Trinajstić information content (AvgIpc) is 2.95. The number of fused-ring (bicyclic) bond motifs is 3. The quantitative estimate of drug-likeness (QED) is 0.804. The summed E-state index contributed by atoms with van der Waals surface area (Å²) in [5.74, 6) is 0. The third kappa shape index (κ3) is 1.64. The molecule has 0 atom stereocenters. The zero-order valence-electron chi connectivity index (χ0n) is 10.9. The van der Waals surface area contributed by atoms with Crippen LogP contribution in [0.25, 0.3) is 10.2 Å². The molecular weight excluding hydrogens is 260 g/mol. The smallest absolute Gasteiger partial charge is 0.280 e. The molecule has 0 spiro atoms. The summed E-state index contributed by atoms with van der Waals surface area (Å²) in [5, 5.41) is 0.765. The number of aromatic nitrogens is 2. The number of allylic oxidation sites excluding steroid dienone is 1. The normalized spacial score (nSPS) is 13.9. The van der Waals surface area contributed by atoms with Gasteiger partial charge < -0.3 is 0 Å². The van der Waals surface area contributed by atoms with Crippen LogP contribution in [0.1, 0.15) is 23.8 Å². The molecule has 0 unspecified atom stereocenters. The predicted octanol–water partition coefficient (Wildman–Crippen LogP) is 1.92. The van der Waals surface area contributed by atoms with Crippen molar-refractivity contribution >= 4 is 21.6 Å². The van der Waals surface area contributed by atoms with Gasteiger partial charge in [-0.25, -0.2) is 4.79 Å². The maximum atomic E-state index is 12.5. The van der Waals surface area contributed by atoms with Crippen LogP contribution >= 0.6 is 11.3 Å². The van der Waals surface area contributed by atoms with Gasteiger partial charge in [0.25, 0.3) is 5.56 Å². The molecular formula is C14H16N2O2S. The highest BCUT2D eigenvalue weighted by molar-refractivity contribution is 7.18. The molecule has 5 heteroatoms. The van der Waals surface area contributed by atoms with Gasteiger partial charge in [-0.15, -0.1) is 17.9 Å². The summed E-state index contributed by atoms with van der Waals surface area (Å²) in [6.45, 7) is 6.40. The Hall–Kier alpha value is -1.62. The molecule has 0 saturated carbocycles. The fourth-order valence-electron chi connectivity index (χ4n) is 2.82. The van der Waals surface area contributed by atoms with E-state index >= 15 is 0 Å². The first-order valence-corrected chi connectivity index (χ1v) is 7.39. The van der Waals surface area contributed by atoms with E-state index in [0.29, 0.717) is 13.1 Å². The summed E-state index contributed by atoms with van der Waals surface area (Å²) in [5.41, 5.74) is 0.826. The van der Waals surface area contributed by atoms with Gasteiger partial charge in [-0.3, -0.25) is 13.9 Å². The molecule has 0 saturated heterocycles. The highest BCUT2D eigenvalue weighted by Crippen LogP contribution is 2.34. The van der Waals surface area contributed by atoms with Crippen LogP contribution in [0.15, 0.2) is 22.2 Å². The minimum atomic E-state index is -0.222. The van der Waals surface area contributed by atoms with Gasteiger partial charge in [0.15, 0.2) is 0 Å². The average molecular weight is 276 g/mol. The fraction of sp³-hybridized carbons (Fsp3) is 0.429. The van der Waals surface area contributed by atoms with Gasteiger partial charge in [-0.1, -0.05) is 6.08 Å². The van der Waals surface area contributed by atoms with E-state index in [2.05, 4.69) is 6.58 Å². The first kappa shape index (κ1) is 12.4. The molecule has 2 heterocycles. The van der Waals surface area contributed by atoms with Crippen LogP contribution < -0.4 is 11.2 Å². The van der Waals surface area contributed by atoms with E-state index in [9.17, 15) is 9.59 Å². The van der Waals surface area contributed by atoms with Crippen molar-refractivity contribution in [1.29, 1.82) is 0 Å². The van der Waals surface area contributed by atoms with Crippen LogP contribution in [0.4, 0.5) is 0 Å². The molecule has 0 amide bonds. The van der Waals surface area contributed by atoms with Gasteiger partial charge in [-0.05, 0) is 31.7 Å². The third-order valence-corrected chi connectivity index (χ3v) is 5.01. The molecule has 0 bridgehead atoms. The lowest BCUT2D eigenvalue weighted by atomic mass is 10.2.